The molecule has 1 atom stereocenters. The smallest absolute Gasteiger partial charge is 0.316 e. The second-order valence-corrected chi connectivity index (χ2v) is 6.65. The number of hydrogen-bond donors (Lipinski definition) is 1. The molecule has 1 heterocycles. The zero-order valence-electron chi connectivity index (χ0n) is 13.5. The van der Waals surface area contributed by atoms with Gasteiger partial charge in [0, 0.05) is 43.5 Å². The van der Waals surface area contributed by atoms with E-state index < -0.39 is 11.2 Å². The zero-order chi connectivity index (χ0) is 17.5. The van der Waals surface area contributed by atoms with Crippen molar-refractivity contribution in [1.29, 1.82) is 0 Å². The third-order valence-corrected chi connectivity index (χ3v) is 4.60. The van der Waals surface area contributed by atoms with Gasteiger partial charge in [-0.05, 0) is 19.1 Å². The predicted octanol–water partition coefficient (Wildman–Crippen LogP) is 2.36. The third-order valence-electron chi connectivity index (χ3n) is 3.44. The van der Waals surface area contributed by atoms with Crippen molar-refractivity contribution in [1.82, 2.24) is 14.9 Å². The van der Waals surface area contributed by atoms with Gasteiger partial charge >= 0.3 is 5.97 Å². The molecular formula is C17H19N3O3S. The van der Waals surface area contributed by atoms with Gasteiger partial charge in [-0.2, -0.15) is 0 Å². The van der Waals surface area contributed by atoms with Crippen molar-refractivity contribution in [2.24, 2.45) is 0 Å². The van der Waals surface area contributed by atoms with Crippen LogP contribution in [0.1, 0.15) is 23.0 Å². The number of likely N-dealkylation sites (N-methyl/N-ethyl adjacent to an activating group) is 1. The van der Waals surface area contributed by atoms with Crippen LogP contribution < -0.4 is 0 Å². The Morgan fingerprint density at radius 2 is 2.04 bits per heavy atom. The molecule has 2 aromatic rings. The summed E-state index contributed by atoms with van der Waals surface area (Å²) in [5.74, 6) is -1.04. The van der Waals surface area contributed by atoms with Gasteiger partial charge in [-0.1, -0.05) is 12.1 Å². The molecule has 0 radical (unpaired) electrons. The highest BCUT2D eigenvalue weighted by molar-refractivity contribution is 8.00. The number of aromatic nitrogens is 2. The van der Waals surface area contributed by atoms with E-state index in [0.29, 0.717) is 23.4 Å². The summed E-state index contributed by atoms with van der Waals surface area (Å²) in [6, 6.07) is 7.07. The number of carbonyl (C=O) groups is 2. The van der Waals surface area contributed by atoms with Gasteiger partial charge in [-0.15, -0.1) is 11.8 Å². The number of rotatable bonds is 7. The van der Waals surface area contributed by atoms with Gasteiger partial charge in [-0.25, -0.2) is 0 Å². The minimum absolute atomic E-state index is 0.139. The number of nitrogens with zero attached hydrogens (tertiary/aromatic N) is 3. The molecule has 0 aliphatic carbocycles. The van der Waals surface area contributed by atoms with Crippen molar-refractivity contribution in [2.75, 3.05) is 13.6 Å². The topological polar surface area (TPSA) is 83.4 Å². The molecule has 7 heteroatoms. The van der Waals surface area contributed by atoms with E-state index in [2.05, 4.69) is 9.97 Å². The fraction of sp³-hybridized carbons (Fsp3) is 0.294. The average Bonchev–Trinajstić information content (AvgIpc) is 2.60. The predicted molar refractivity (Wildman–Crippen MR) is 92.1 cm³/mol. The molecule has 1 N–H and O–H groups in total. The van der Waals surface area contributed by atoms with Crippen LogP contribution in [0, 0.1) is 0 Å². The van der Waals surface area contributed by atoms with Crippen LogP contribution in [0.3, 0.4) is 0 Å². The molecule has 1 aromatic heterocycles. The number of aliphatic carboxylic acids is 1. The van der Waals surface area contributed by atoms with Crippen molar-refractivity contribution in [2.45, 2.75) is 23.5 Å². The molecule has 0 fully saturated rings. The van der Waals surface area contributed by atoms with E-state index >= 15 is 0 Å². The minimum atomic E-state index is -0.904. The molecule has 126 valence electrons. The van der Waals surface area contributed by atoms with Crippen molar-refractivity contribution in [3.8, 4) is 0 Å². The first-order valence-corrected chi connectivity index (χ1v) is 8.36. The van der Waals surface area contributed by atoms with Crippen LogP contribution in [0.15, 0.2) is 47.8 Å². The normalized spacial score (nSPS) is 11.8. The highest BCUT2D eigenvalue weighted by Gasteiger charge is 2.19. The van der Waals surface area contributed by atoms with Crippen molar-refractivity contribution in [3.05, 3.63) is 54.1 Å². The minimum Gasteiger partial charge on any atom is -0.480 e. The lowest BCUT2D eigenvalue weighted by atomic mass is 10.2. The zero-order valence-corrected chi connectivity index (χ0v) is 14.4. The quantitative estimate of drug-likeness (QED) is 0.776. The standard InChI is InChI=1S/C17H19N3O3S/c1-12(17(22)23)24-15-6-4-3-5-14(15)16(21)20(2)10-7-13-11-18-8-9-19-13/h3-6,8-9,11-12H,7,10H2,1-2H3,(H,22,23). The summed E-state index contributed by atoms with van der Waals surface area (Å²) in [6.45, 7) is 2.11. The molecule has 2 rings (SSSR count). The van der Waals surface area contributed by atoms with Crippen LogP contribution in [0.2, 0.25) is 0 Å². The van der Waals surface area contributed by atoms with E-state index in [1.54, 1.807) is 61.7 Å². The monoisotopic (exact) mass is 345 g/mol. The maximum Gasteiger partial charge on any atom is 0.316 e. The SMILES string of the molecule is CC(Sc1ccccc1C(=O)N(C)CCc1cnccn1)C(=O)O. The number of carbonyl (C=O) groups excluding carboxylic acids is 1. The van der Waals surface area contributed by atoms with E-state index in [1.165, 1.54) is 11.8 Å². The number of carboxylic acid groups (broad SMARTS) is 1. The Kier molecular flexibility index (Phi) is 6.31. The molecule has 1 aromatic carbocycles. The summed E-state index contributed by atoms with van der Waals surface area (Å²) in [5.41, 5.74) is 1.33. The first kappa shape index (κ1) is 17.9. The summed E-state index contributed by atoms with van der Waals surface area (Å²) in [5, 5.41) is 8.44. The summed E-state index contributed by atoms with van der Waals surface area (Å²) >= 11 is 1.17. The van der Waals surface area contributed by atoms with E-state index in [0.717, 1.165) is 5.69 Å². The lowest BCUT2D eigenvalue weighted by molar-refractivity contribution is -0.136. The van der Waals surface area contributed by atoms with Gasteiger partial charge < -0.3 is 10.0 Å². The first-order chi connectivity index (χ1) is 11.5. The Balaban J connectivity index is 2.07. The highest BCUT2D eigenvalue weighted by Crippen LogP contribution is 2.27. The second-order valence-electron chi connectivity index (χ2n) is 5.27. The lowest BCUT2D eigenvalue weighted by Gasteiger charge is -2.19. The Labute approximate surface area is 144 Å². The van der Waals surface area contributed by atoms with Crippen LogP contribution in [-0.2, 0) is 11.2 Å². The average molecular weight is 345 g/mol. The number of hydrogen-bond acceptors (Lipinski definition) is 5. The highest BCUT2D eigenvalue weighted by atomic mass is 32.2. The lowest BCUT2D eigenvalue weighted by Crippen LogP contribution is -2.29. The molecule has 0 aliphatic rings. The van der Waals surface area contributed by atoms with E-state index in [1.807, 2.05) is 0 Å². The van der Waals surface area contributed by atoms with Crippen LogP contribution in [0.5, 0.6) is 0 Å². The number of amides is 1. The van der Waals surface area contributed by atoms with Crippen LogP contribution in [-0.4, -0.2) is 50.7 Å². The number of benzene rings is 1. The number of thioether (sulfide) groups is 1. The largest absolute Gasteiger partial charge is 0.480 e. The Morgan fingerprint density at radius 3 is 2.71 bits per heavy atom. The van der Waals surface area contributed by atoms with Gasteiger partial charge in [-0.3, -0.25) is 19.6 Å². The molecule has 6 nitrogen and oxygen atoms in total. The first-order valence-electron chi connectivity index (χ1n) is 7.48. The van der Waals surface area contributed by atoms with E-state index in [-0.39, 0.29) is 5.91 Å². The molecular weight excluding hydrogens is 326 g/mol. The Bertz CT molecular complexity index is 709. The van der Waals surface area contributed by atoms with Gasteiger partial charge in [0.15, 0.2) is 0 Å². The van der Waals surface area contributed by atoms with Crippen LogP contribution >= 0.6 is 11.8 Å². The second kappa shape index (κ2) is 8.44. The van der Waals surface area contributed by atoms with Gasteiger partial charge in [0.25, 0.3) is 5.91 Å². The maximum absolute atomic E-state index is 12.7. The van der Waals surface area contributed by atoms with Gasteiger partial charge in [0.1, 0.15) is 5.25 Å². The summed E-state index contributed by atoms with van der Waals surface area (Å²) in [7, 11) is 1.72. The maximum atomic E-state index is 12.7. The van der Waals surface area contributed by atoms with Crippen molar-refractivity contribution >= 4 is 23.6 Å². The molecule has 0 saturated heterocycles. The van der Waals surface area contributed by atoms with Gasteiger partial charge in [0.05, 0.1) is 11.3 Å². The molecule has 0 bridgehead atoms. The Morgan fingerprint density at radius 1 is 1.29 bits per heavy atom. The number of carboxylic acids is 1. The van der Waals surface area contributed by atoms with E-state index in [4.69, 9.17) is 5.11 Å². The van der Waals surface area contributed by atoms with Gasteiger partial charge in [0.2, 0.25) is 0 Å². The molecule has 1 unspecified atom stereocenters. The summed E-state index contributed by atoms with van der Waals surface area (Å²) < 4.78 is 0. The summed E-state index contributed by atoms with van der Waals surface area (Å²) in [6.07, 6.45) is 5.51. The van der Waals surface area contributed by atoms with Crippen molar-refractivity contribution in [3.63, 3.8) is 0 Å². The summed E-state index contributed by atoms with van der Waals surface area (Å²) in [4.78, 5) is 34.2. The molecule has 0 spiro atoms. The van der Waals surface area contributed by atoms with Crippen LogP contribution in [0.25, 0.3) is 0 Å². The van der Waals surface area contributed by atoms with Crippen molar-refractivity contribution < 1.29 is 14.7 Å². The molecule has 1 amide bonds. The molecule has 0 saturated carbocycles. The van der Waals surface area contributed by atoms with E-state index in [9.17, 15) is 9.59 Å². The van der Waals surface area contributed by atoms with Crippen LogP contribution in [0.4, 0.5) is 0 Å². The fourth-order valence-corrected chi connectivity index (χ4v) is 2.96. The Hall–Kier alpha value is -2.41. The molecule has 24 heavy (non-hydrogen) atoms. The third kappa shape index (κ3) is 4.79. The molecule has 0 aliphatic heterocycles. The fourth-order valence-electron chi connectivity index (χ4n) is 2.04.